The zero-order chi connectivity index (χ0) is 16.0. The molecule has 0 aliphatic carbocycles. The van der Waals surface area contributed by atoms with E-state index in [1.165, 1.54) is 6.07 Å². The van der Waals surface area contributed by atoms with Crippen LogP contribution in [0.4, 0.5) is 18.9 Å². The van der Waals surface area contributed by atoms with Gasteiger partial charge in [0.15, 0.2) is 0 Å². The fraction of sp³-hybridized carbons (Fsp3) is 0.154. The van der Waals surface area contributed by atoms with E-state index in [0.29, 0.717) is 6.07 Å². The number of alkyl halides is 3. The molecule has 0 saturated carbocycles. The van der Waals surface area contributed by atoms with Gasteiger partial charge in [0, 0.05) is 11.9 Å². The highest BCUT2D eigenvalue weighted by atomic mass is 19.4. The lowest BCUT2D eigenvalue weighted by atomic mass is 10.1. The van der Waals surface area contributed by atoms with Crippen molar-refractivity contribution in [1.29, 1.82) is 10.5 Å². The maximum Gasteiger partial charge on any atom is 0.417 e. The van der Waals surface area contributed by atoms with E-state index in [-0.39, 0.29) is 11.3 Å². The summed E-state index contributed by atoms with van der Waals surface area (Å²) >= 11 is 0. The first-order valence-electron chi connectivity index (χ1n) is 5.40. The van der Waals surface area contributed by atoms with Crippen LogP contribution in [0, 0.1) is 22.7 Å². The SMILES string of the molecule is COC(=O)c1ccc(NC=C(C#N)C#N)cc1C(F)(F)F. The third kappa shape index (κ3) is 3.98. The first-order valence-corrected chi connectivity index (χ1v) is 5.40. The van der Waals surface area contributed by atoms with Crippen molar-refractivity contribution in [2.24, 2.45) is 0 Å². The van der Waals surface area contributed by atoms with Crippen LogP contribution in [0.3, 0.4) is 0 Å². The highest BCUT2D eigenvalue weighted by molar-refractivity contribution is 5.91. The van der Waals surface area contributed by atoms with Crippen LogP contribution in [0.5, 0.6) is 0 Å². The van der Waals surface area contributed by atoms with E-state index in [1.54, 1.807) is 12.1 Å². The number of ether oxygens (including phenoxy) is 1. The number of anilines is 1. The summed E-state index contributed by atoms with van der Waals surface area (Å²) in [7, 11) is 0.976. The topological polar surface area (TPSA) is 85.9 Å². The Morgan fingerprint density at radius 2 is 1.95 bits per heavy atom. The number of halogens is 3. The number of esters is 1. The Morgan fingerprint density at radius 3 is 2.43 bits per heavy atom. The molecule has 0 aliphatic heterocycles. The Balaban J connectivity index is 3.24. The summed E-state index contributed by atoms with van der Waals surface area (Å²) in [6, 6.07) is 5.93. The van der Waals surface area contributed by atoms with Crippen molar-refractivity contribution in [1.82, 2.24) is 0 Å². The van der Waals surface area contributed by atoms with Gasteiger partial charge in [-0.2, -0.15) is 23.7 Å². The van der Waals surface area contributed by atoms with Crippen LogP contribution in [0.15, 0.2) is 30.0 Å². The lowest BCUT2D eigenvalue weighted by molar-refractivity contribution is -0.138. The predicted octanol–water partition coefficient (Wildman–Crippen LogP) is 2.83. The third-order valence-electron chi connectivity index (χ3n) is 2.35. The van der Waals surface area contributed by atoms with Crippen molar-refractivity contribution in [3.63, 3.8) is 0 Å². The summed E-state index contributed by atoms with van der Waals surface area (Å²) in [4.78, 5) is 11.3. The first-order chi connectivity index (χ1) is 9.83. The quantitative estimate of drug-likeness (QED) is 0.684. The molecule has 0 heterocycles. The number of nitrogens with zero attached hydrogens (tertiary/aromatic N) is 2. The number of methoxy groups -OCH3 is 1. The maximum absolute atomic E-state index is 12.9. The average molecular weight is 295 g/mol. The molecule has 8 heteroatoms. The van der Waals surface area contributed by atoms with Gasteiger partial charge in [0.1, 0.15) is 17.7 Å². The molecule has 0 spiro atoms. The van der Waals surface area contributed by atoms with Crippen LogP contribution in [0.25, 0.3) is 0 Å². The minimum Gasteiger partial charge on any atom is -0.465 e. The van der Waals surface area contributed by atoms with E-state index >= 15 is 0 Å². The number of carbonyl (C=O) groups excluding carboxylic acids is 1. The second kappa shape index (κ2) is 6.44. The van der Waals surface area contributed by atoms with E-state index in [1.807, 2.05) is 0 Å². The molecule has 0 unspecified atom stereocenters. The molecule has 1 aromatic carbocycles. The zero-order valence-corrected chi connectivity index (χ0v) is 10.7. The van der Waals surface area contributed by atoms with Crippen LogP contribution in [-0.2, 0) is 10.9 Å². The van der Waals surface area contributed by atoms with Crippen molar-refractivity contribution < 1.29 is 22.7 Å². The summed E-state index contributed by atoms with van der Waals surface area (Å²) < 4.78 is 43.0. The molecular weight excluding hydrogens is 287 g/mol. The van der Waals surface area contributed by atoms with E-state index in [9.17, 15) is 18.0 Å². The van der Waals surface area contributed by atoms with Crippen LogP contribution >= 0.6 is 0 Å². The fourth-order valence-corrected chi connectivity index (χ4v) is 1.40. The number of hydrogen-bond donors (Lipinski definition) is 1. The summed E-state index contributed by atoms with van der Waals surface area (Å²) in [6.45, 7) is 0. The Hall–Kier alpha value is -3.00. The normalized spacial score (nSPS) is 10.0. The Bertz CT molecular complexity index is 651. The molecule has 0 aromatic heterocycles. The van der Waals surface area contributed by atoms with Gasteiger partial charge in [0.05, 0.1) is 18.2 Å². The summed E-state index contributed by atoms with van der Waals surface area (Å²) in [5.74, 6) is -1.11. The monoisotopic (exact) mass is 295 g/mol. The van der Waals surface area contributed by atoms with Gasteiger partial charge in [-0.25, -0.2) is 4.79 Å². The number of hydrogen-bond acceptors (Lipinski definition) is 5. The molecule has 108 valence electrons. The minimum atomic E-state index is -4.75. The van der Waals surface area contributed by atoms with E-state index in [0.717, 1.165) is 19.4 Å². The molecule has 0 fully saturated rings. The van der Waals surface area contributed by atoms with Crippen LogP contribution in [0.2, 0.25) is 0 Å². The standard InChI is InChI=1S/C13H8F3N3O2/c1-21-12(20)10-3-2-9(4-11(10)13(14,15)16)19-7-8(5-17)6-18/h2-4,7,19H,1H3. The van der Waals surface area contributed by atoms with Gasteiger partial charge in [-0.3, -0.25) is 0 Å². The molecule has 0 amide bonds. The van der Waals surface area contributed by atoms with Gasteiger partial charge in [0.25, 0.3) is 0 Å². The lowest BCUT2D eigenvalue weighted by Crippen LogP contribution is -2.14. The van der Waals surface area contributed by atoms with E-state index in [4.69, 9.17) is 10.5 Å². The van der Waals surface area contributed by atoms with Gasteiger partial charge < -0.3 is 10.1 Å². The van der Waals surface area contributed by atoms with Gasteiger partial charge in [-0.15, -0.1) is 0 Å². The Kier molecular flexibility index (Phi) is 4.92. The third-order valence-corrected chi connectivity index (χ3v) is 2.35. The molecule has 21 heavy (non-hydrogen) atoms. The molecule has 1 aromatic rings. The molecule has 0 atom stereocenters. The van der Waals surface area contributed by atoms with E-state index < -0.39 is 23.3 Å². The number of rotatable bonds is 3. The number of benzene rings is 1. The highest BCUT2D eigenvalue weighted by Crippen LogP contribution is 2.34. The van der Waals surface area contributed by atoms with Crippen LogP contribution in [-0.4, -0.2) is 13.1 Å². The maximum atomic E-state index is 12.9. The molecule has 1 rings (SSSR count). The highest BCUT2D eigenvalue weighted by Gasteiger charge is 2.35. The van der Waals surface area contributed by atoms with Gasteiger partial charge in [0.2, 0.25) is 0 Å². The zero-order valence-electron chi connectivity index (χ0n) is 10.7. The molecule has 0 saturated heterocycles. The largest absolute Gasteiger partial charge is 0.465 e. The summed E-state index contributed by atoms with van der Waals surface area (Å²) in [5.41, 5.74) is -2.14. The molecule has 0 aliphatic rings. The Labute approximate surface area is 117 Å². The molecule has 0 radical (unpaired) electrons. The van der Waals surface area contributed by atoms with Crippen molar-refractivity contribution in [3.05, 3.63) is 41.1 Å². The van der Waals surface area contributed by atoms with E-state index in [2.05, 4.69) is 10.1 Å². The summed E-state index contributed by atoms with van der Waals surface area (Å²) in [5, 5.41) is 19.4. The lowest BCUT2D eigenvalue weighted by Gasteiger charge is -2.13. The number of nitrogens with one attached hydrogen (secondary N) is 1. The van der Waals surface area contributed by atoms with Gasteiger partial charge in [-0.05, 0) is 18.2 Å². The van der Waals surface area contributed by atoms with Crippen molar-refractivity contribution >= 4 is 11.7 Å². The summed E-state index contributed by atoms with van der Waals surface area (Å²) in [6.07, 6.45) is -3.79. The van der Waals surface area contributed by atoms with Crippen LogP contribution in [0.1, 0.15) is 15.9 Å². The molecule has 1 N–H and O–H groups in total. The van der Waals surface area contributed by atoms with Crippen molar-refractivity contribution in [2.75, 3.05) is 12.4 Å². The Morgan fingerprint density at radius 1 is 1.33 bits per heavy atom. The number of carbonyl (C=O) groups is 1. The molecule has 5 nitrogen and oxygen atoms in total. The molecular formula is C13H8F3N3O2. The van der Waals surface area contributed by atoms with Crippen molar-refractivity contribution in [3.8, 4) is 12.1 Å². The second-order valence-electron chi connectivity index (χ2n) is 3.68. The number of nitriles is 2. The second-order valence-corrected chi connectivity index (χ2v) is 3.68. The molecule has 0 bridgehead atoms. The number of allylic oxidation sites excluding steroid dienone is 1. The smallest absolute Gasteiger partial charge is 0.417 e. The fourth-order valence-electron chi connectivity index (χ4n) is 1.40. The minimum absolute atomic E-state index is 0.0296. The predicted molar refractivity (Wildman–Crippen MR) is 65.7 cm³/mol. The van der Waals surface area contributed by atoms with Gasteiger partial charge in [-0.1, -0.05) is 0 Å². The average Bonchev–Trinajstić information content (AvgIpc) is 2.46. The first kappa shape index (κ1) is 16.1. The van der Waals surface area contributed by atoms with Crippen molar-refractivity contribution in [2.45, 2.75) is 6.18 Å². The van der Waals surface area contributed by atoms with Crippen LogP contribution < -0.4 is 5.32 Å². The van der Waals surface area contributed by atoms with Gasteiger partial charge >= 0.3 is 12.1 Å².